The number of thioether (sulfide) groups is 1. The van der Waals surface area contributed by atoms with E-state index < -0.39 is 0 Å². The summed E-state index contributed by atoms with van der Waals surface area (Å²) in [5, 5.41) is 5.99. The van der Waals surface area contributed by atoms with Crippen LogP contribution in [0.5, 0.6) is 0 Å². The molecule has 1 heterocycles. The van der Waals surface area contributed by atoms with E-state index in [-0.39, 0.29) is 0 Å². The van der Waals surface area contributed by atoms with Gasteiger partial charge in [0.2, 0.25) is 0 Å². The minimum atomic E-state index is 0.566. The zero-order valence-corrected chi connectivity index (χ0v) is 13.5. The minimum absolute atomic E-state index is 0.566. The lowest BCUT2D eigenvalue weighted by atomic mass is 10.2. The number of hydrogen-bond acceptors (Lipinski definition) is 2. The predicted octanol–water partition coefficient (Wildman–Crippen LogP) is 5.09. The van der Waals surface area contributed by atoms with Crippen LogP contribution in [0.1, 0.15) is 18.2 Å². The number of halogens is 1. The van der Waals surface area contributed by atoms with Crippen LogP contribution in [0.2, 0.25) is 0 Å². The molecule has 21 heavy (non-hydrogen) atoms. The standard InChI is InChI=1S/C17H17ClN2S/c1-2-20-17-6-4-3-5-15(17)16(19-20)12-21-14-9-7-13(11-18)8-10-14/h3-10H,2,11-12H2,1H3. The largest absolute Gasteiger partial charge is 0.265 e. The van der Waals surface area contributed by atoms with Gasteiger partial charge in [0.05, 0.1) is 11.2 Å². The molecule has 2 nitrogen and oxygen atoms in total. The molecule has 0 aliphatic carbocycles. The van der Waals surface area contributed by atoms with Gasteiger partial charge in [-0.25, -0.2) is 0 Å². The molecule has 0 saturated carbocycles. The number of nitrogens with zero attached hydrogens (tertiary/aromatic N) is 2. The van der Waals surface area contributed by atoms with Crippen LogP contribution in [-0.2, 0) is 18.2 Å². The Balaban J connectivity index is 1.81. The van der Waals surface area contributed by atoms with E-state index in [0.717, 1.165) is 23.6 Å². The molecule has 0 saturated heterocycles. The van der Waals surface area contributed by atoms with Crippen molar-refractivity contribution in [3.8, 4) is 0 Å². The summed E-state index contributed by atoms with van der Waals surface area (Å²) in [5.74, 6) is 1.45. The Morgan fingerprint density at radius 1 is 1.10 bits per heavy atom. The third-order valence-corrected chi connectivity index (χ3v) is 4.82. The van der Waals surface area contributed by atoms with Crippen LogP contribution < -0.4 is 0 Å². The maximum atomic E-state index is 5.82. The lowest BCUT2D eigenvalue weighted by molar-refractivity contribution is 0.675. The molecule has 4 heteroatoms. The Morgan fingerprint density at radius 3 is 2.57 bits per heavy atom. The fourth-order valence-corrected chi connectivity index (χ4v) is 3.39. The summed E-state index contributed by atoms with van der Waals surface area (Å²) in [7, 11) is 0. The smallest absolute Gasteiger partial charge is 0.0805 e. The average Bonchev–Trinajstić information content (AvgIpc) is 2.91. The Bertz CT molecular complexity index is 734. The molecule has 0 unspecified atom stereocenters. The second-order valence-corrected chi connectivity index (χ2v) is 6.16. The van der Waals surface area contributed by atoms with Gasteiger partial charge in [-0.2, -0.15) is 5.10 Å². The van der Waals surface area contributed by atoms with E-state index in [4.69, 9.17) is 16.7 Å². The number of aromatic nitrogens is 2. The van der Waals surface area contributed by atoms with Gasteiger partial charge < -0.3 is 0 Å². The van der Waals surface area contributed by atoms with Crippen LogP contribution in [0.4, 0.5) is 0 Å². The van der Waals surface area contributed by atoms with Gasteiger partial charge in [0.15, 0.2) is 0 Å². The highest BCUT2D eigenvalue weighted by Gasteiger charge is 2.09. The van der Waals surface area contributed by atoms with E-state index in [1.165, 1.54) is 15.8 Å². The van der Waals surface area contributed by atoms with E-state index in [1.54, 1.807) is 0 Å². The molecule has 3 rings (SSSR count). The summed E-state index contributed by atoms with van der Waals surface area (Å²) < 4.78 is 2.07. The van der Waals surface area contributed by atoms with Crippen molar-refractivity contribution in [2.24, 2.45) is 0 Å². The van der Waals surface area contributed by atoms with Crippen LogP contribution in [0.3, 0.4) is 0 Å². The lowest BCUT2D eigenvalue weighted by Gasteiger charge is -2.01. The Hall–Kier alpha value is -1.45. The van der Waals surface area contributed by atoms with Gasteiger partial charge in [-0.1, -0.05) is 30.3 Å². The molecule has 2 aromatic carbocycles. The summed E-state index contributed by atoms with van der Waals surface area (Å²) >= 11 is 7.63. The van der Waals surface area contributed by atoms with Gasteiger partial charge in [-0.15, -0.1) is 23.4 Å². The van der Waals surface area contributed by atoms with Crippen LogP contribution in [0, 0.1) is 0 Å². The summed E-state index contributed by atoms with van der Waals surface area (Å²) in [5.41, 5.74) is 3.52. The van der Waals surface area contributed by atoms with Crippen molar-refractivity contribution in [1.29, 1.82) is 0 Å². The maximum Gasteiger partial charge on any atom is 0.0805 e. The molecule has 0 radical (unpaired) electrons. The number of para-hydroxylation sites is 1. The second-order valence-electron chi connectivity index (χ2n) is 4.85. The summed E-state index contributed by atoms with van der Waals surface area (Å²) in [6, 6.07) is 16.8. The van der Waals surface area contributed by atoms with E-state index in [9.17, 15) is 0 Å². The van der Waals surface area contributed by atoms with Crippen molar-refractivity contribution in [3.05, 3.63) is 59.8 Å². The fourth-order valence-electron chi connectivity index (χ4n) is 2.37. The highest BCUT2D eigenvalue weighted by atomic mass is 35.5. The Kier molecular flexibility index (Phi) is 4.51. The Labute approximate surface area is 134 Å². The number of hydrogen-bond donors (Lipinski definition) is 0. The summed E-state index contributed by atoms with van der Waals surface area (Å²) in [6.07, 6.45) is 0. The molecule has 0 aliphatic rings. The van der Waals surface area contributed by atoms with Crippen LogP contribution in [0.15, 0.2) is 53.4 Å². The van der Waals surface area contributed by atoms with Gasteiger partial charge in [-0.05, 0) is 30.7 Å². The first kappa shape index (κ1) is 14.5. The van der Waals surface area contributed by atoms with Gasteiger partial charge >= 0.3 is 0 Å². The first-order chi connectivity index (χ1) is 10.3. The molecule has 0 atom stereocenters. The van der Waals surface area contributed by atoms with Crippen LogP contribution in [0.25, 0.3) is 10.9 Å². The summed E-state index contributed by atoms with van der Waals surface area (Å²) in [6.45, 7) is 3.02. The highest BCUT2D eigenvalue weighted by molar-refractivity contribution is 7.98. The molecule has 0 N–H and O–H groups in total. The van der Waals surface area contributed by atoms with Crippen LogP contribution in [-0.4, -0.2) is 9.78 Å². The molecule has 0 bridgehead atoms. The van der Waals surface area contributed by atoms with Gasteiger partial charge in [0.1, 0.15) is 0 Å². The molecule has 0 fully saturated rings. The molecule has 1 aromatic heterocycles. The molecular formula is C17H17ClN2S. The first-order valence-corrected chi connectivity index (χ1v) is 8.56. The predicted molar refractivity (Wildman–Crippen MR) is 91.0 cm³/mol. The third kappa shape index (κ3) is 3.09. The molecule has 108 valence electrons. The highest BCUT2D eigenvalue weighted by Crippen LogP contribution is 2.27. The maximum absolute atomic E-state index is 5.82. The molecular weight excluding hydrogens is 300 g/mol. The topological polar surface area (TPSA) is 17.8 Å². The van der Waals surface area contributed by atoms with Gasteiger partial charge in [-0.3, -0.25) is 4.68 Å². The quantitative estimate of drug-likeness (QED) is 0.482. The lowest BCUT2D eigenvalue weighted by Crippen LogP contribution is -1.96. The van der Waals surface area contributed by atoms with Crippen molar-refractivity contribution in [1.82, 2.24) is 9.78 Å². The van der Waals surface area contributed by atoms with E-state index in [2.05, 4.69) is 60.1 Å². The minimum Gasteiger partial charge on any atom is -0.265 e. The molecule has 0 spiro atoms. The average molecular weight is 317 g/mol. The Morgan fingerprint density at radius 2 is 1.86 bits per heavy atom. The number of aryl methyl sites for hydroxylation is 1. The second kappa shape index (κ2) is 6.54. The molecule has 0 amide bonds. The van der Waals surface area contributed by atoms with Crippen molar-refractivity contribution in [2.75, 3.05) is 0 Å². The fraction of sp³-hybridized carbons (Fsp3) is 0.235. The van der Waals surface area contributed by atoms with E-state index in [1.807, 2.05) is 11.8 Å². The van der Waals surface area contributed by atoms with Crippen molar-refractivity contribution < 1.29 is 0 Å². The van der Waals surface area contributed by atoms with Crippen LogP contribution >= 0.6 is 23.4 Å². The monoisotopic (exact) mass is 316 g/mol. The number of alkyl halides is 1. The molecule has 3 aromatic rings. The van der Waals surface area contributed by atoms with Gasteiger partial charge in [0.25, 0.3) is 0 Å². The number of rotatable bonds is 5. The van der Waals surface area contributed by atoms with Crippen molar-refractivity contribution >= 4 is 34.3 Å². The SMILES string of the molecule is CCn1nc(CSc2ccc(CCl)cc2)c2ccccc21. The zero-order valence-electron chi connectivity index (χ0n) is 11.9. The zero-order chi connectivity index (χ0) is 14.7. The number of fused-ring (bicyclic) bond motifs is 1. The normalized spacial score (nSPS) is 11.1. The van der Waals surface area contributed by atoms with Crippen molar-refractivity contribution in [2.45, 2.75) is 30.0 Å². The summed E-state index contributed by atoms with van der Waals surface area (Å²) in [4.78, 5) is 1.25. The first-order valence-electron chi connectivity index (χ1n) is 7.04. The van der Waals surface area contributed by atoms with E-state index >= 15 is 0 Å². The molecule has 0 aliphatic heterocycles. The van der Waals surface area contributed by atoms with Crippen molar-refractivity contribution in [3.63, 3.8) is 0 Å². The van der Waals surface area contributed by atoms with Gasteiger partial charge in [0, 0.05) is 28.5 Å². The number of benzene rings is 2. The van der Waals surface area contributed by atoms with E-state index in [0.29, 0.717) is 5.88 Å². The third-order valence-electron chi connectivity index (χ3n) is 3.49.